The van der Waals surface area contributed by atoms with E-state index in [-0.39, 0.29) is 0 Å². The minimum atomic E-state index is 0.592. The lowest BCUT2D eigenvalue weighted by molar-refractivity contribution is 0.145. The lowest BCUT2D eigenvalue weighted by Gasteiger charge is -2.40. The lowest BCUT2D eigenvalue weighted by Crippen LogP contribution is -2.48. The standard InChI is InChI=1S/C15H23IN2/c1-10-5-6-13(8-14(10)16)17-15-7-12(3)18(4)9-11(15)2/h5-6,8,11-12,15,17H,7,9H2,1-4H3. The van der Waals surface area contributed by atoms with Crippen LogP contribution in [-0.4, -0.2) is 30.6 Å². The highest BCUT2D eigenvalue weighted by molar-refractivity contribution is 14.1. The Morgan fingerprint density at radius 1 is 1.33 bits per heavy atom. The Labute approximate surface area is 124 Å². The van der Waals surface area contributed by atoms with Gasteiger partial charge in [-0.05, 0) is 73.5 Å². The highest BCUT2D eigenvalue weighted by Gasteiger charge is 2.28. The van der Waals surface area contributed by atoms with Gasteiger partial charge < -0.3 is 10.2 Å². The van der Waals surface area contributed by atoms with Crippen molar-refractivity contribution in [2.24, 2.45) is 5.92 Å². The number of hydrogen-bond acceptors (Lipinski definition) is 2. The zero-order chi connectivity index (χ0) is 13.3. The van der Waals surface area contributed by atoms with E-state index < -0.39 is 0 Å². The number of rotatable bonds is 2. The molecule has 2 nitrogen and oxygen atoms in total. The minimum absolute atomic E-state index is 0.592. The number of likely N-dealkylation sites (tertiary alicyclic amines) is 1. The summed E-state index contributed by atoms with van der Waals surface area (Å²) in [6, 6.07) is 7.92. The van der Waals surface area contributed by atoms with Crippen molar-refractivity contribution in [1.82, 2.24) is 4.90 Å². The predicted octanol–water partition coefficient (Wildman–Crippen LogP) is 3.74. The molecule has 1 saturated heterocycles. The van der Waals surface area contributed by atoms with Crippen LogP contribution in [0.25, 0.3) is 0 Å². The van der Waals surface area contributed by atoms with Gasteiger partial charge in [0.1, 0.15) is 0 Å². The van der Waals surface area contributed by atoms with E-state index in [1.165, 1.54) is 27.8 Å². The van der Waals surface area contributed by atoms with E-state index >= 15 is 0 Å². The van der Waals surface area contributed by atoms with E-state index in [1.807, 2.05) is 0 Å². The van der Waals surface area contributed by atoms with Crippen molar-refractivity contribution in [1.29, 1.82) is 0 Å². The summed E-state index contributed by atoms with van der Waals surface area (Å²) in [5.74, 6) is 0.699. The lowest BCUT2D eigenvalue weighted by atomic mass is 9.89. The molecule has 0 saturated carbocycles. The van der Waals surface area contributed by atoms with Crippen molar-refractivity contribution in [3.05, 3.63) is 27.3 Å². The van der Waals surface area contributed by atoms with Crippen molar-refractivity contribution in [2.75, 3.05) is 18.9 Å². The van der Waals surface area contributed by atoms with Gasteiger partial charge in [-0.25, -0.2) is 0 Å². The van der Waals surface area contributed by atoms with Gasteiger partial charge in [-0.2, -0.15) is 0 Å². The highest BCUT2D eigenvalue weighted by atomic mass is 127. The molecule has 3 heteroatoms. The van der Waals surface area contributed by atoms with Crippen LogP contribution in [0, 0.1) is 16.4 Å². The summed E-state index contributed by atoms with van der Waals surface area (Å²) in [5, 5.41) is 3.72. The summed E-state index contributed by atoms with van der Waals surface area (Å²) in [6.07, 6.45) is 1.22. The van der Waals surface area contributed by atoms with Crippen molar-refractivity contribution in [2.45, 2.75) is 39.3 Å². The summed E-state index contributed by atoms with van der Waals surface area (Å²) in [5.41, 5.74) is 2.62. The molecule has 1 aromatic carbocycles. The molecule has 0 aromatic heterocycles. The average molecular weight is 358 g/mol. The summed E-state index contributed by atoms with van der Waals surface area (Å²) in [6.45, 7) is 8.01. The van der Waals surface area contributed by atoms with Crippen LogP contribution in [0.2, 0.25) is 0 Å². The molecule has 0 bridgehead atoms. The largest absolute Gasteiger partial charge is 0.382 e. The molecule has 0 aliphatic carbocycles. The Bertz CT molecular complexity index is 419. The Balaban J connectivity index is 2.06. The molecule has 0 amide bonds. The first-order chi connectivity index (χ1) is 8.47. The van der Waals surface area contributed by atoms with E-state index in [9.17, 15) is 0 Å². The van der Waals surface area contributed by atoms with Gasteiger partial charge in [0.15, 0.2) is 0 Å². The average Bonchev–Trinajstić information content (AvgIpc) is 2.31. The van der Waals surface area contributed by atoms with Crippen LogP contribution in [0.3, 0.4) is 0 Å². The second-order valence-corrected chi connectivity index (χ2v) is 6.88. The molecule has 1 fully saturated rings. The number of nitrogens with zero attached hydrogens (tertiary/aromatic N) is 1. The van der Waals surface area contributed by atoms with E-state index in [0.29, 0.717) is 18.0 Å². The van der Waals surface area contributed by atoms with Gasteiger partial charge in [0.25, 0.3) is 0 Å². The highest BCUT2D eigenvalue weighted by Crippen LogP contribution is 2.25. The molecular weight excluding hydrogens is 335 g/mol. The summed E-state index contributed by atoms with van der Waals surface area (Å²) in [4.78, 5) is 2.46. The molecule has 1 aromatic rings. The van der Waals surface area contributed by atoms with Gasteiger partial charge in [-0.15, -0.1) is 0 Å². The first-order valence-electron chi connectivity index (χ1n) is 6.70. The number of nitrogens with one attached hydrogen (secondary N) is 1. The second-order valence-electron chi connectivity index (χ2n) is 5.72. The third-order valence-electron chi connectivity index (χ3n) is 4.13. The van der Waals surface area contributed by atoms with Gasteiger partial charge in [0, 0.05) is 27.9 Å². The third-order valence-corrected chi connectivity index (χ3v) is 5.30. The molecule has 0 radical (unpaired) electrons. The number of piperidine rings is 1. The number of hydrogen-bond donors (Lipinski definition) is 1. The van der Waals surface area contributed by atoms with Crippen LogP contribution < -0.4 is 5.32 Å². The maximum Gasteiger partial charge on any atom is 0.0353 e. The maximum atomic E-state index is 3.72. The quantitative estimate of drug-likeness (QED) is 0.811. The molecule has 1 aliphatic rings. The number of aryl methyl sites for hydroxylation is 1. The van der Waals surface area contributed by atoms with E-state index in [0.717, 1.165) is 0 Å². The Kier molecular flexibility index (Phi) is 4.54. The van der Waals surface area contributed by atoms with Crippen LogP contribution >= 0.6 is 22.6 Å². The molecule has 0 spiro atoms. The van der Waals surface area contributed by atoms with Crippen LogP contribution in [0.5, 0.6) is 0 Å². The maximum absolute atomic E-state index is 3.72. The van der Waals surface area contributed by atoms with Gasteiger partial charge >= 0.3 is 0 Å². The fourth-order valence-corrected chi connectivity index (χ4v) is 3.15. The zero-order valence-electron chi connectivity index (χ0n) is 11.7. The van der Waals surface area contributed by atoms with Crippen LogP contribution in [0.1, 0.15) is 25.8 Å². The van der Waals surface area contributed by atoms with Crippen molar-refractivity contribution in [3.8, 4) is 0 Å². The zero-order valence-corrected chi connectivity index (χ0v) is 13.9. The van der Waals surface area contributed by atoms with Crippen molar-refractivity contribution in [3.63, 3.8) is 0 Å². The van der Waals surface area contributed by atoms with Gasteiger partial charge in [-0.3, -0.25) is 0 Å². The molecule has 1 aliphatic heterocycles. The first-order valence-corrected chi connectivity index (χ1v) is 7.78. The topological polar surface area (TPSA) is 15.3 Å². The van der Waals surface area contributed by atoms with E-state index in [1.54, 1.807) is 0 Å². The molecular formula is C15H23IN2. The normalized spacial score (nSPS) is 29.3. The number of anilines is 1. The predicted molar refractivity (Wildman–Crippen MR) is 87.2 cm³/mol. The minimum Gasteiger partial charge on any atom is -0.382 e. The SMILES string of the molecule is Cc1ccc(NC2CC(C)N(C)CC2C)cc1I. The monoisotopic (exact) mass is 358 g/mol. The van der Waals surface area contributed by atoms with E-state index in [2.05, 4.69) is 78.8 Å². The molecule has 3 atom stereocenters. The summed E-state index contributed by atoms with van der Waals surface area (Å²) >= 11 is 2.41. The van der Waals surface area contributed by atoms with Crippen molar-refractivity contribution < 1.29 is 0 Å². The van der Waals surface area contributed by atoms with Crippen LogP contribution in [0.4, 0.5) is 5.69 Å². The third kappa shape index (κ3) is 3.18. The fraction of sp³-hybridized carbons (Fsp3) is 0.600. The van der Waals surface area contributed by atoms with Crippen molar-refractivity contribution >= 4 is 28.3 Å². The summed E-state index contributed by atoms with van der Waals surface area (Å²) in [7, 11) is 2.23. The fourth-order valence-electron chi connectivity index (χ4n) is 2.64. The number of halogens is 1. The summed E-state index contributed by atoms with van der Waals surface area (Å²) < 4.78 is 1.34. The van der Waals surface area contributed by atoms with Crippen LogP contribution in [-0.2, 0) is 0 Å². The smallest absolute Gasteiger partial charge is 0.0353 e. The second kappa shape index (κ2) is 5.78. The molecule has 1 heterocycles. The van der Waals surface area contributed by atoms with Gasteiger partial charge in [0.2, 0.25) is 0 Å². The number of benzene rings is 1. The Morgan fingerprint density at radius 3 is 2.72 bits per heavy atom. The first kappa shape index (κ1) is 14.1. The molecule has 18 heavy (non-hydrogen) atoms. The molecule has 100 valence electrons. The van der Waals surface area contributed by atoms with E-state index in [4.69, 9.17) is 0 Å². The molecule has 1 N–H and O–H groups in total. The van der Waals surface area contributed by atoms with Gasteiger partial charge in [0.05, 0.1) is 0 Å². The van der Waals surface area contributed by atoms with Gasteiger partial charge in [-0.1, -0.05) is 13.0 Å². The Morgan fingerprint density at radius 2 is 2.06 bits per heavy atom. The Hall–Kier alpha value is -0.290. The molecule has 3 unspecified atom stereocenters. The van der Waals surface area contributed by atoms with Crippen LogP contribution in [0.15, 0.2) is 18.2 Å². The molecule has 2 rings (SSSR count).